The molecule has 168 valence electrons. The Labute approximate surface area is 197 Å². The lowest BCUT2D eigenvalue weighted by Gasteiger charge is -2.05. The molecule has 0 unspecified atom stereocenters. The first-order valence-corrected chi connectivity index (χ1v) is 10.9. The van der Waals surface area contributed by atoms with Gasteiger partial charge in [-0.1, -0.05) is 47.2 Å². The summed E-state index contributed by atoms with van der Waals surface area (Å²) in [5.41, 5.74) is 7.99. The van der Waals surface area contributed by atoms with Gasteiger partial charge in [-0.3, -0.25) is 5.43 Å². The standard InChI is InChI=1S/C26H23N7O/c1-19-6-8-21(9-7-19)15-33-16-22(30-32-33)17-34-23-12-10-20(11-13-23)14-29-31-26-24-4-2-3-5-25(24)27-18-28-26/h2-14,16,18H,15,17H2,1H3,(H,27,28,31)/b29-14+. The zero-order valence-corrected chi connectivity index (χ0v) is 18.7. The number of aryl methyl sites for hydroxylation is 1. The molecule has 0 fully saturated rings. The van der Waals surface area contributed by atoms with Gasteiger partial charge in [-0.05, 0) is 54.4 Å². The molecule has 5 rings (SSSR count). The maximum absolute atomic E-state index is 5.86. The molecule has 8 nitrogen and oxygen atoms in total. The van der Waals surface area contributed by atoms with Gasteiger partial charge in [-0.25, -0.2) is 14.6 Å². The summed E-state index contributed by atoms with van der Waals surface area (Å²) >= 11 is 0. The largest absolute Gasteiger partial charge is 0.487 e. The van der Waals surface area contributed by atoms with Gasteiger partial charge in [0.05, 0.1) is 24.5 Å². The number of anilines is 1. The van der Waals surface area contributed by atoms with Gasteiger partial charge in [0.15, 0.2) is 5.82 Å². The van der Waals surface area contributed by atoms with Gasteiger partial charge in [0, 0.05) is 5.39 Å². The fourth-order valence-electron chi connectivity index (χ4n) is 3.43. The highest BCUT2D eigenvalue weighted by Gasteiger charge is 2.04. The molecule has 0 saturated carbocycles. The van der Waals surface area contributed by atoms with Crippen LogP contribution < -0.4 is 10.2 Å². The maximum atomic E-state index is 5.86. The molecule has 0 aliphatic carbocycles. The third-order valence-corrected chi connectivity index (χ3v) is 5.24. The molecule has 1 N–H and O–H groups in total. The van der Waals surface area contributed by atoms with Crippen molar-refractivity contribution in [2.75, 3.05) is 5.43 Å². The van der Waals surface area contributed by atoms with Crippen LogP contribution in [0, 0.1) is 6.92 Å². The molecule has 0 bridgehead atoms. The topological polar surface area (TPSA) is 90.1 Å². The van der Waals surface area contributed by atoms with Crippen LogP contribution in [0.2, 0.25) is 0 Å². The fraction of sp³-hybridized carbons (Fsp3) is 0.115. The predicted molar refractivity (Wildman–Crippen MR) is 132 cm³/mol. The van der Waals surface area contributed by atoms with E-state index in [1.807, 2.05) is 59.4 Å². The Morgan fingerprint density at radius 2 is 1.79 bits per heavy atom. The fourth-order valence-corrected chi connectivity index (χ4v) is 3.43. The van der Waals surface area contributed by atoms with E-state index in [1.165, 1.54) is 17.5 Å². The average Bonchev–Trinajstić information content (AvgIpc) is 3.32. The number of hydrogen-bond donors (Lipinski definition) is 1. The van der Waals surface area contributed by atoms with Gasteiger partial charge >= 0.3 is 0 Å². The van der Waals surface area contributed by atoms with E-state index in [2.05, 4.69) is 62.0 Å². The first-order chi connectivity index (χ1) is 16.7. The van der Waals surface area contributed by atoms with Gasteiger partial charge in [-0.15, -0.1) is 5.10 Å². The van der Waals surface area contributed by atoms with Crippen LogP contribution >= 0.6 is 0 Å². The Morgan fingerprint density at radius 3 is 2.65 bits per heavy atom. The molecule has 0 aliphatic heterocycles. The van der Waals surface area contributed by atoms with Crippen LogP contribution in [0.25, 0.3) is 10.9 Å². The van der Waals surface area contributed by atoms with E-state index < -0.39 is 0 Å². The first kappa shape index (κ1) is 21.3. The van der Waals surface area contributed by atoms with Crippen LogP contribution in [0.1, 0.15) is 22.4 Å². The summed E-state index contributed by atoms with van der Waals surface area (Å²) in [5.74, 6) is 1.41. The van der Waals surface area contributed by atoms with Crippen LogP contribution in [0.15, 0.2) is 90.4 Å². The van der Waals surface area contributed by atoms with E-state index in [9.17, 15) is 0 Å². The molecule has 0 spiro atoms. The second kappa shape index (κ2) is 9.91. The lowest BCUT2D eigenvalue weighted by Crippen LogP contribution is -2.00. The first-order valence-electron chi connectivity index (χ1n) is 10.9. The number of hydrazone groups is 1. The quantitative estimate of drug-likeness (QED) is 0.275. The molecule has 0 amide bonds. The highest BCUT2D eigenvalue weighted by molar-refractivity contribution is 5.89. The number of nitrogens with zero attached hydrogens (tertiary/aromatic N) is 6. The molecule has 0 aliphatic rings. The zero-order valence-electron chi connectivity index (χ0n) is 18.7. The van der Waals surface area contributed by atoms with Crippen molar-refractivity contribution in [3.8, 4) is 5.75 Å². The van der Waals surface area contributed by atoms with Crippen molar-refractivity contribution < 1.29 is 4.74 Å². The third-order valence-electron chi connectivity index (χ3n) is 5.24. The summed E-state index contributed by atoms with van der Waals surface area (Å²) in [6, 6.07) is 23.9. The maximum Gasteiger partial charge on any atom is 0.157 e. The summed E-state index contributed by atoms with van der Waals surface area (Å²) in [4.78, 5) is 8.52. The van der Waals surface area contributed by atoms with E-state index in [4.69, 9.17) is 4.74 Å². The van der Waals surface area contributed by atoms with Crippen molar-refractivity contribution in [3.05, 3.63) is 108 Å². The number of ether oxygens (including phenoxy) is 1. The Morgan fingerprint density at radius 1 is 0.971 bits per heavy atom. The summed E-state index contributed by atoms with van der Waals surface area (Å²) in [5, 5.41) is 13.6. The summed E-state index contributed by atoms with van der Waals surface area (Å²) in [6.45, 7) is 3.11. The molecule has 8 heteroatoms. The summed E-state index contributed by atoms with van der Waals surface area (Å²) in [6.07, 6.45) is 5.16. The van der Waals surface area contributed by atoms with Crippen LogP contribution in [-0.4, -0.2) is 31.2 Å². The van der Waals surface area contributed by atoms with E-state index in [1.54, 1.807) is 6.21 Å². The molecule has 3 aromatic carbocycles. The molecule has 0 saturated heterocycles. The number of benzene rings is 3. The SMILES string of the molecule is Cc1ccc(Cn2cc(COc3ccc(/C=N/Nc4ncnc5ccccc45)cc3)nn2)cc1. The lowest BCUT2D eigenvalue weighted by atomic mass is 10.1. The van der Waals surface area contributed by atoms with Crippen molar-refractivity contribution in [2.45, 2.75) is 20.1 Å². The van der Waals surface area contributed by atoms with Gasteiger partial charge in [0.25, 0.3) is 0 Å². The lowest BCUT2D eigenvalue weighted by molar-refractivity contribution is 0.301. The Balaban J connectivity index is 1.14. The number of para-hydroxylation sites is 1. The number of hydrogen-bond acceptors (Lipinski definition) is 7. The highest BCUT2D eigenvalue weighted by atomic mass is 16.5. The van der Waals surface area contributed by atoms with Crippen molar-refractivity contribution in [3.63, 3.8) is 0 Å². The number of fused-ring (bicyclic) bond motifs is 1. The van der Waals surface area contributed by atoms with E-state index in [0.29, 0.717) is 19.0 Å². The molecule has 5 aromatic rings. The van der Waals surface area contributed by atoms with Crippen molar-refractivity contribution in [1.29, 1.82) is 0 Å². The summed E-state index contributed by atoms with van der Waals surface area (Å²) < 4.78 is 7.67. The molecular formula is C26H23N7O. The monoisotopic (exact) mass is 449 g/mol. The van der Waals surface area contributed by atoms with Crippen LogP contribution in [-0.2, 0) is 13.2 Å². The van der Waals surface area contributed by atoms with Crippen molar-refractivity contribution in [2.24, 2.45) is 5.10 Å². The number of nitrogens with one attached hydrogen (secondary N) is 1. The Bertz CT molecular complexity index is 1400. The average molecular weight is 450 g/mol. The number of aromatic nitrogens is 5. The molecule has 34 heavy (non-hydrogen) atoms. The molecule has 2 heterocycles. The Hall–Kier alpha value is -4.59. The van der Waals surface area contributed by atoms with E-state index in [-0.39, 0.29) is 0 Å². The number of rotatable bonds is 8. The van der Waals surface area contributed by atoms with Gasteiger partial charge in [0.2, 0.25) is 0 Å². The van der Waals surface area contributed by atoms with E-state index >= 15 is 0 Å². The van der Waals surface area contributed by atoms with Gasteiger partial charge < -0.3 is 4.74 Å². The normalized spacial score (nSPS) is 11.2. The van der Waals surface area contributed by atoms with Crippen molar-refractivity contribution >= 4 is 22.9 Å². The van der Waals surface area contributed by atoms with Crippen LogP contribution in [0.4, 0.5) is 5.82 Å². The second-order valence-electron chi connectivity index (χ2n) is 7.86. The minimum Gasteiger partial charge on any atom is -0.487 e. The van der Waals surface area contributed by atoms with Gasteiger partial charge in [-0.2, -0.15) is 5.10 Å². The Kier molecular flexibility index (Phi) is 6.20. The third kappa shape index (κ3) is 5.24. The minimum absolute atomic E-state index is 0.351. The van der Waals surface area contributed by atoms with Gasteiger partial charge in [0.1, 0.15) is 24.4 Å². The van der Waals surface area contributed by atoms with Crippen LogP contribution in [0.3, 0.4) is 0 Å². The smallest absolute Gasteiger partial charge is 0.157 e. The second-order valence-corrected chi connectivity index (χ2v) is 7.86. The minimum atomic E-state index is 0.351. The molecular weight excluding hydrogens is 426 g/mol. The molecule has 2 aromatic heterocycles. The zero-order chi connectivity index (χ0) is 23.2. The van der Waals surface area contributed by atoms with Crippen molar-refractivity contribution in [1.82, 2.24) is 25.0 Å². The predicted octanol–water partition coefficient (Wildman–Crippen LogP) is 4.60. The highest BCUT2D eigenvalue weighted by Crippen LogP contribution is 2.18. The molecule has 0 radical (unpaired) electrons. The van der Waals surface area contributed by atoms with E-state index in [0.717, 1.165) is 27.9 Å². The summed E-state index contributed by atoms with van der Waals surface area (Å²) in [7, 11) is 0. The van der Waals surface area contributed by atoms with Crippen LogP contribution in [0.5, 0.6) is 5.75 Å². The molecule has 0 atom stereocenters.